The van der Waals surface area contributed by atoms with Crippen molar-refractivity contribution < 1.29 is 29.4 Å². The minimum Gasteiger partial charge on any atom is -0.480 e. The molecule has 0 unspecified atom stereocenters. The van der Waals surface area contributed by atoms with Gasteiger partial charge >= 0.3 is 5.97 Å². The van der Waals surface area contributed by atoms with Gasteiger partial charge in [-0.25, -0.2) is 4.79 Å². The van der Waals surface area contributed by atoms with E-state index in [2.05, 4.69) is 16.0 Å². The maximum Gasteiger partial charge on any atom is 0.326 e. The minimum atomic E-state index is -1.32. The maximum absolute atomic E-state index is 12.8. The van der Waals surface area contributed by atoms with Gasteiger partial charge in [0.25, 0.3) is 0 Å². The molecule has 0 aromatic rings. The number of hydrogen-bond donors (Lipinski definition) is 7. The zero-order chi connectivity index (χ0) is 23.4. The quantitative estimate of drug-likeness (QED) is 0.160. The highest BCUT2D eigenvalue weighted by atomic mass is 16.4. The van der Waals surface area contributed by atoms with Crippen LogP contribution in [-0.2, 0) is 19.2 Å². The highest BCUT2D eigenvalue weighted by molar-refractivity contribution is 5.94. The van der Waals surface area contributed by atoms with Gasteiger partial charge in [-0.3, -0.25) is 14.4 Å². The predicted octanol–water partition coefficient (Wildman–Crippen LogP) is -1.57. The van der Waals surface area contributed by atoms with E-state index < -0.39 is 54.0 Å². The standard InChI is InChI=1S/C19H37N5O6/c1-5-10(2)14(17(27)22-13(19(29)30)8-6-7-9-20)23-18(28)15(12(4)25)24-16(26)11(3)21/h10-15,25H,5-9,20-21H2,1-4H3,(H,22,27)(H,23,28)(H,24,26)(H,29,30)/t10-,11-,12+,13-,14-,15-/m0/s1. The van der Waals surface area contributed by atoms with Crippen LogP contribution in [0.2, 0.25) is 0 Å². The van der Waals surface area contributed by atoms with Crippen molar-refractivity contribution in [2.24, 2.45) is 17.4 Å². The molecule has 0 fully saturated rings. The van der Waals surface area contributed by atoms with Crippen molar-refractivity contribution in [2.75, 3.05) is 6.54 Å². The Kier molecular flexibility index (Phi) is 12.8. The number of carbonyl (C=O) groups is 4. The summed E-state index contributed by atoms with van der Waals surface area (Å²) in [5.41, 5.74) is 10.9. The number of carbonyl (C=O) groups excluding carboxylic acids is 3. The highest BCUT2D eigenvalue weighted by Crippen LogP contribution is 2.11. The summed E-state index contributed by atoms with van der Waals surface area (Å²) in [5, 5.41) is 26.6. The molecule has 6 atom stereocenters. The van der Waals surface area contributed by atoms with Crippen molar-refractivity contribution in [3.63, 3.8) is 0 Å². The number of nitrogens with one attached hydrogen (secondary N) is 3. The summed E-state index contributed by atoms with van der Waals surface area (Å²) >= 11 is 0. The lowest BCUT2D eigenvalue weighted by atomic mass is 9.96. The molecule has 0 aliphatic heterocycles. The molecule has 0 spiro atoms. The topological polar surface area (TPSA) is 197 Å². The van der Waals surface area contributed by atoms with E-state index in [1.165, 1.54) is 13.8 Å². The van der Waals surface area contributed by atoms with Crippen LogP contribution in [0.15, 0.2) is 0 Å². The average Bonchev–Trinajstić information content (AvgIpc) is 2.67. The first-order chi connectivity index (χ1) is 14.0. The summed E-state index contributed by atoms with van der Waals surface area (Å²) in [6.45, 7) is 6.71. The molecular weight excluding hydrogens is 394 g/mol. The molecule has 9 N–H and O–H groups in total. The molecule has 0 heterocycles. The number of carboxylic acid groups (broad SMARTS) is 1. The average molecular weight is 432 g/mol. The summed E-state index contributed by atoms with van der Waals surface area (Å²) in [6, 6.07) is -4.37. The fourth-order valence-electron chi connectivity index (χ4n) is 2.65. The number of aliphatic hydroxyl groups is 1. The van der Waals surface area contributed by atoms with Crippen LogP contribution in [0.25, 0.3) is 0 Å². The zero-order valence-electron chi connectivity index (χ0n) is 18.2. The lowest BCUT2D eigenvalue weighted by Gasteiger charge is -2.28. The molecule has 0 saturated carbocycles. The summed E-state index contributed by atoms with van der Waals surface area (Å²) in [6.07, 6.45) is 0.646. The maximum atomic E-state index is 12.8. The van der Waals surface area contributed by atoms with Crippen molar-refractivity contribution in [3.05, 3.63) is 0 Å². The molecule has 11 nitrogen and oxygen atoms in total. The number of nitrogens with two attached hydrogens (primary N) is 2. The number of rotatable bonds is 14. The Morgan fingerprint density at radius 2 is 1.43 bits per heavy atom. The van der Waals surface area contributed by atoms with Crippen molar-refractivity contribution in [1.29, 1.82) is 0 Å². The molecule has 0 aliphatic carbocycles. The van der Waals surface area contributed by atoms with Gasteiger partial charge in [0.1, 0.15) is 18.1 Å². The lowest BCUT2D eigenvalue weighted by molar-refractivity contribution is -0.143. The molecule has 0 aromatic carbocycles. The predicted molar refractivity (Wildman–Crippen MR) is 111 cm³/mol. The Labute approximate surface area is 177 Å². The number of aliphatic carboxylic acids is 1. The molecule has 30 heavy (non-hydrogen) atoms. The number of carboxylic acids is 1. The monoisotopic (exact) mass is 431 g/mol. The van der Waals surface area contributed by atoms with Gasteiger partial charge < -0.3 is 37.6 Å². The van der Waals surface area contributed by atoms with Crippen LogP contribution in [0.1, 0.15) is 53.4 Å². The molecule has 0 saturated heterocycles. The first-order valence-electron chi connectivity index (χ1n) is 10.2. The molecule has 3 amide bonds. The van der Waals surface area contributed by atoms with Gasteiger partial charge in [0.05, 0.1) is 12.1 Å². The van der Waals surface area contributed by atoms with E-state index in [0.717, 1.165) is 0 Å². The molecule has 0 aliphatic rings. The molecule has 0 radical (unpaired) electrons. The smallest absolute Gasteiger partial charge is 0.326 e. The molecule has 0 bridgehead atoms. The first kappa shape index (κ1) is 27.8. The number of unbranched alkanes of at least 4 members (excludes halogenated alkanes) is 1. The van der Waals surface area contributed by atoms with Gasteiger partial charge in [-0.05, 0) is 45.6 Å². The normalized spacial score (nSPS) is 17.0. The van der Waals surface area contributed by atoms with Crippen molar-refractivity contribution in [3.8, 4) is 0 Å². The van der Waals surface area contributed by atoms with Crippen LogP contribution >= 0.6 is 0 Å². The largest absolute Gasteiger partial charge is 0.480 e. The van der Waals surface area contributed by atoms with E-state index in [1.807, 2.05) is 6.92 Å². The van der Waals surface area contributed by atoms with Crippen molar-refractivity contribution >= 4 is 23.7 Å². The van der Waals surface area contributed by atoms with Crippen molar-refractivity contribution in [1.82, 2.24) is 16.0 Å². The van der Waals surface area contributed by atoms with Crippen LogP contribution < -0.4 is 27.4 Å². The number of hydrogen-bond acceptors (Lipinski definition) is 7. The Balaban J connectivity index is 5.37. The van der Waals surface area contributed by atoms with Crippen molar-refractivity contribution in [2.45, 2.75) is 83.6 Å². The van der Waals surface area contributed by atoms with Gasteiger partial charge in [0.15, 0.2) is 0 Å². The first-order valence-corrected chi connectivity index (χ1v) is 10.2. The van der Waals surface area contributed by atoms with E-state index in [4.69, 9.17) is 11.5 Å². The van der Waals surface area contributed by atoms with Crippen LogP contribution in [0.3, 0.4) is 0 Å². The van der Waals surface area contributed by atoms with E-state index in [9.17, 15) is 29.4 Å². The lowest BCUT2D eigenvalue weighted by Crippen LogP contribution is -2.60. The third kappa shape index (κ3) is 9.51. The second-order valence-electron chi connectivity index (χ2n) is 7.57. The fourth-order valence-corrected chi connectivity index (χ4v) is 2.65. The molecule has 174 valence electrons. The molecule has 0 rings (SSSR count). The van der Waals surface area contributed by atoms with Crippen LogP contribution in [-0.4, -0.2) is 70.7 Å². The highest BCUT2D eigenvalue weighted by Gasteiger charge is 2.33. The third-order valence-electron chi connectivity index (χ3n) is 4.83. The second-order valence-corrected chi connectivity index (χ2v) is 7.57. The van der Waals surface area contributed by atoms with Gasteiger partial charge in [-0.1, -0.05) is 20.3 Å². The fraction of sp³-hybridized carbons (Fsp3) is 0.789. The minimum absolute atomic E-state index is 0.209. The Morgan fingerprint density at radius 1 is 0.900 bits per heavy atom. The van der Waals surface area contributed by atoms with Gasteiger partial charge in [0, 0.05) is 0 Å². The summed E-state index contributed by atoms with van der Waals surface area (Å²) < 4.78 is 0. The summed E-state index contributed by atoms with van der Waals surface area (Å²) in [4.78, 5) is 48.7. The van der Waals surface area contributed by atoms with E-state index in [1.54, 1.807) is 6.92 Å². The second kappa shape index (κ2) is 13.9. The molecule has 0 aromatic heterocycles. The third-order valence-corrected chi connectivity index (χ3v) is 4.83. The van der Waals surface area contributed by atoms with Crippen LogP contribution in [0, 0.1) is 5.92 Å². The Morgan fingerprint density at radius 3 is 1.87 bits per heavy atom. The molecule has 11 heteroatoms. The number of amides is 3. The van der Waals surface area contributed by atoms with Gasteiger partial charge in [-0.15, -0.1) is 0 Å². The molecular formula is C19H37N5O6. The van der Waals surface area contributed by atoms with Gasteiger partial charge in [0.2, 0.25) is 17.7 Å². The van der Waals surface area contributed by atoms with E-state index in [-0.39, 0.29) is 12.3 Å². The van der Waals surface area contributed by atoms with Crippen LogP contribution in [0.5, 0.6) is 0 Å². The Hall–Kier alpha value is -2.24. The SMILES string of the molecule is CC[C@H](C)[C@H](NC(=O)[C@@H](NC(=O)[C@H](C)N)[C@@H](C)O)C(=O)N[C@@H](CCCCN)C(=O)O. The zero-order valence-corrected chi connectivity index (χ0v) is 18.2. The summed E-state index contributed by atoms with van der Waals surface area (Å²) in [7, 11) is 0. The number of aliphatic hydroxyl groups excluding tert-OH is 1. The van der Waals surface area contributed by atoms with Gasteiger partial charge in [-0.2, -0.15) is 0 Å². The van der Waals surface area contributed by atoms with E-state index >= 15 is 0 Å². The summed E-state index contributed by atoms with van der Waals surface area (Å²) in [5.74, 6) is -3.56. The Bertz CT molecular complexity index is 584. The van der Waals surface area contributed by atoms with Crippen LogP contribution in [0.4, 0.5) is 0 Å². The van der Waals surface area contributed by atoms with E-state index in [0.29, 0.717) is 25.8 Å².